The molecule has 29 heavy (non-hydrogen) atoms. The average molecular weight is 520 g/mol. The van der Waals surface area contributed by atoms with Crippen molar-refractivity contribution < 1.29 is 19.0 Å². The first-order chi connectivity index (χ1) is 14.1. The van der Waals surface area contributed by atoms with Crippen molar-refractivity contribution in [3.05, 3.63) is 86.3 Å². The molecule has 0 amide bonds. The highest BCUT2D eigenvalue weighted by Crippen LogP contribution is 2.36. The molecule has 0 unspecified atom stereocenters. The number of ether oxygens (including phenoxy) is 3. The summed E-state index contributed by atoms with van der Waals surface area (Å²) in [5.41, 5.74) is 2.60. The Hall–Kier alpha value is -2.31. The van der Waals surface area contributed by atoms with Crippen LogP contribution in [-0.4, -0.2) is 12.9 Å². The molecule has 0 saturated heterocycles. The number of hydrogen-bond acceptors (Lipinski definition) is 4. The van der Waals surface area contributed by atoms with Crippen LogP contribution in [0.15, 0.2) is 69.6 Å². The molecule has 0 aliphatic heterocycles. The van der Waals surface area contributed by atoms with Crippen LogP contribution in [0.1, 0.15) is 28.4 Å². The highest BCUT2D eigenvalue weighted by atomic mass is 79.9. The van der Waals surface area contributed by atoms with E-state index in [-0.39, 0.29) is 0 Å². The summed E-state index contributed by atoms with van der Waals surface area (Å²) in [5, 5.41) is 0. The van der Waals surface area contributed by atoms with Crippen molar-refractivity contribution in [3.8, 4) is 17.2 Å². The molecule has 0 radical (unpaired) electrons. The van der Waals surface area contributed by atoms with E-state index in [2.05, 4.69) is 31.9 Å². The summed E-state index contributed by atoms with van der Waals surface area (Å²) in [5.74, 6) is 2.01. The lowest BCUT2D eigenvalue weighted by Gasteiger charge is -2.15. The quantitative estimate of drug-likeness (QED) is 0.299. The molecule has 0 fully saturated rings. The van der Waals surface area contributed by atoms with Crippen LogP contribution in [0.25, 0.3) is 0 Å². The molecule has 0 aliphatic rings. The molecule has 4 nitrogen and oxygen atoms in total. The zero-order valence-corrected chi connectivity index (χ0v) is 19.0. The zero-order chi connectivity index (χ0) is 20.6. The lowest BCUT2D eigenvalue weighted by atomic mass is 10.2. The molecule has 0 aromatic heterocycles. The number of benzene rings is 3. The standard InChI is InChI=1S/C23H20Br2O4/c1-2-27-22-12-17(8-9-21(22)28-14-16-6-4-3-5-7-16)15-29-23-19(24)10-18(13-26)11-20(23)25/h3-13H,2,14-15H2,1H3. The molecule has 150 valence electrons. The van der Waals surface area contributed by atoms with Crippen molar-refractivity contribution in [2.75, 3.05) is 6.61 Å². The predicted molar refractivity (Wildman–Crippen MR) is 120 cm³/mol. The van der Waals surface area contributed by atoms with E-state index >= 15 is 0 Å². The minimum absolute atomic E-state index is 0.344. The van der Waals surface area contributed by atoms with Crippen molar-refractivity contribution in [3.63, 3.8) is 0 Å². The number of aldehydes is 1. The van der Waals surface area contributed by atoms with Crippen molar-refractivity contribution in [2.24, 2.45) is 0 Å². The SMILES string of the molecule is CCOc1cc(COc2c(Br)cc(C=O)cc2Br)ccc1OCc1ccccc1. The number of rotatable bonds is 9. The molecule has 3 rings (SSSR count). The maximum atomic E-state index is 11.0. The molecule has 0 saturated carbocycles. The lowest BCUT2D eigenvalue weighted by molar-refractivity contribution is 0.112. The maximum Gasteiger partial charge on any atom is 0.161 e. The molecule has 0 aliphatic carbocycles. The second kappa shape index (κ2) is 10.5. The third-order valence-electron chi connectivity index (χ3n) is 4.08. The van der Waals surface area contributed by atoms with Gasteiger partial charge in [-0.05, 0) is 74.2 Å². The predicted octanol–water partition coefficient (Wildman–Crippen LogP) is 6.58. The van der Waals surface area contributed by atoms with E-state index in [4.69, 9.17) is 14.2 Å². The van der Waals surface area contributed by atoms with E-state index in [1.54, 1.807) is 12.1 Å². The molecule has 3 aromatic rings. The fourth-order valence-electron chi connectivity index (χ4n) is 2.71. The molecule has 0 atom stereocenters. The Labute approximate surface area is 187 Å². The summed E-state index contributed by atoms with van der Waals surface area (Å²) in [6.07, 6.45) is 0.793. The van der Waals surface area contributed by atoms with Gasteiger partial charge in [-0.3, -0.25) is 4.79 Å². The van der Waals surface area contributed by atoms with Crippen molar-refractivity contribution >= 4 is 38.1 Å². The van der Waals surface area contributed by atoms with Crippen molar-refractivity contribution in [1.29, 1.82) is 0 Å². The summed E-state index contributed by atoms with van der Waals surface area (Å²) >= 11 is 6.89. The topological polar surface area (TPSA) is 44.8 Å². The van der Waals surface area contributed by atoms with Crippen LogP contribution >= 0.6 is 31.9 Å². The van der Waals surface area contributed by atoms with Gasteiger partial charge in [-0.15, -0.1) is 0 Å². The van der Waals surface area contributed by atoms with E-state index in [1.807, 2.05) is 55.5 Å². The number of hydrogen-bond donors (Lipinski definition) is 0. The molecular weight excluding hydrogens is 500 g/mol. The zero-order valence-electron chi connectivity index (χ0n) is 15.9. The highest BCUT2D eigenvalue weighted by molar-refractivity contribution is 9.11. The van der Waals surface area contributed by atoms with Crippen LogP contribution in [0, 0.1) is 0 Å². The molecule has 0 spiro atoms. The van der Waals surface area contributed by atoms with Gasteiger partial charge in [-0.2, -0.15) is 0 Å². The monoisotopic (exact) mass is 518 g/mol. The minimum Gasteiger partial charge on any atom is -0.490 e. The van der Waals surface area contributed by atoms with Crippen molar-refractivity contribution in [1.82, 2.24) is 0 Å². The first kappa shape index (κ1) is 21.4. The van der Waals surface area contributed by atoms with E-state index in [1.165, 1.54) is 0 Å². The second-order valence-corrected chi connectivity index (χ2v) is 7.92. The Kier molecular flexibility index (Phi) is 7.72. The minimum atomic E-state index is 0.344. The summed E-state index contributed by atoms with van der Waals surface area (Å²) in [4.78, 5) is 11.0. The van der Waals surface area contributed by atoms with Gasteiger partial charge >= 0.3 is 0 Å². The van der Waals surface area contributed by atoms with Gasteiger partial charge in [0.15, 0.2) is 11.5 Å². The molecule has 6 heteroatoms. The van der Waals surface area contributed by atoms with Gasteiger partial charge in [0.25, 0.3) is 0 Å². The van der Waals surface area contributed by atoms with Gasteiger partial charge in [-0.1, -0.05) is 36.4 Å². The van der Waals surface area contributed by atoms with Gasteiger partial charge in [0.2, 0.25) is 0 Å². The molecule has 0 bridgehead atoms. The van der Waals surface area contributed by atoms with Gasteiger partial charge in [0.1, 0.15) is 25.2 Å². The summed E-state index contributed by atoms with van der Waals surface area (Å²) in [6.45, 7) is 3.29. The van der Waals surface area contributed by atoms with Gasteiger partial charge in [0.05, 0.1) is 15.6 Å². The Balaban J connectivity index is 1.72. The van der Waals surface area contributed by atoms with Crippen LogP contribution in [0.3, 0.4) is 0 Å². The van der Waals surface area contributed by atoms with Crippen LogP contribution in [-0.2, 0) is 13.2 Å². The first-order valence-corrected chi connectivity index (χ1v) is 10.7. The number of halogens is 2. The van der Waals surface area contributed by atoms with E-state index in [0.29, 0.717) is 51.6 Å². The summed E-state index contributed by atoms with van der Waals surface area (Å²) in [6, 6.07) is 19.2. The lowest BCUT2D eigenvalue weighted by Crippen LogP contribution is -2.02. The first-order valence-electron chi connectivity index (χ1n) is 9.10. The summed E-state index contributed by atoms with van der Waals surface area (Å²) < 4.78 is 19.1. The third-order valence-corrected chi connectivity index (χ3v) is 5.26. The van der Waals surface area contributed by atoms with Crippen LogP contribution < -0.4 is 14.2 Å². The Morgan fingerprint density at radius 1 is 0.793 bits per heavy atom. The van der Waals surface area contributed by atoms with Gasteiger partial charge in [-0.25, -0.2) is 0 Å². The fourth-order valence-corrected chi connectivity index (χ4v) is 4.16. The Bertz CT molecular complexity index is 951. The van der Waals surface area contributed by atoms with E-state index in [0.717, 1.165) is 17.4 Å². The second-order valence-electron chi connectivity index (χ2n) is 6.21. The number of carbonyl (C=O) groups excluding carboxylic acids is 1. The molecule has 0 N–H and O–H groups in total. The van der Waals surface area contributed by atoms with Gasteiger partial charge < -0.3 is 14.2 Å². The maximum absolute atomic E-state index is 11.0. The van der Waals surface area contributed by atoms with E-state index < -0.39 is 0 Å². The third kappa shape index (κ3) is 5.84. The normalized spacial score (nSPS) is 10.4. The van der Waals surface area contributed by atoms with Gasteiger partial charge in [0, 0.05) is 5.56 Å². The molecule has 3 aromatic carbocycles. The highest BCUT2D eigenvalue weighted by Gasteiger charge is 2.11. The van der Waals surface area contributed by atoms with Crippen molar-refractivity contribution in [2.45, 2.75) is 20.1 Å². The number of carbonyl (C=O) groups is 1. The van der Waals surface area contributed by atoms with Crippen LogP contribution in [0.4, 0.5) is 0 Å². The Morgan fingerprint density at radius 3 is 2.14 bits per heavy atom. The fraction of sp³-hybridized carbons (Fsp3) is 0.174. The average Bonchev–Trinajstić information content (AvgIpc) is 2.73. The van der Waals surface area contributed by atoms with E-state index in [9.17, 15) is 4.79 Å². The van der Waals surface area contributed by atoms with Crippen LogP contribution in [0.5, 0.6) is 17.2 Å². The van der Waals surface area contributed by atoms with Crippen LogP contribution in [0.2, 0.25) is 0 Å². The summed E-state index contributed by atoms with van der Waals surface area (Å²) in [7, 11) is 0. The molecular formula is C23H20Br2O4. The smallest absolute Gasteiger partial charge is 0.161 e. The largest absolute Gasteiger partial charge is 0.490 e. The molecule has 0 heterocycles. The Morgan fingerprint density at radius 2 is 1.48 bits per heavy atom.